The minimum Gasteiger partial charge on any atom is -0.465 e. The molecule has 0 saturated heterocycles. The Hall–Kier alpha value is -1.22. The molecule has 0 aliphatic carbocycles. The van der Waals surface area contributed by atoms with E-state index >= 15 is 0 Å². The average molecular weight is 270 g/mol. The third kappa shape index (κ3) is 3.64. The van der Waals surface area contributed by atoms with Crippen LogP contribution in [-0.2, 0) is 4.74 Å². The van der Waals surface area contributed by atoms with Crippen molar-refractivity contribution in [3.63, 3.8) is 0 Å². The largest absolute Gasteiger partial charge is 0.465 e. The van der Waals surface area contributed by atoms with Gasteiger partial charge in [-0.15, -0.1) is 0 Å². The molecule has 0 radical (unpaired) electrons. The normalized spacial score (nSPS) is 13.8. The molecule has 0 fully saturated rings. The number of anilines is 1. The number of carbonyl (C=O) groups excluding carboxylic acids is 1. The van der Waals surface area contributed by atoms with Gasteiger partial charge in [-0.3, -0.25) is 0 Å². The second-order valence-corrected chi connectivity index (χ2v) is 4.94. The molecule has 0 spiro atoms. The molecule has 1 N–H and O–H groups in total. The molecule has 4 heteroatoms. The van der Waals surface area contributed by atoms with Gasteiger partial charge in [-0.1, -0.05) is 31.9 Å². The summed E-state index contributed by atoms with van der Waals surface area (Å²) in [7, 11) is 1.37. The quantitative estimate of drug-likeness (QED) is 0.822. The molecule has 100 valence electrons. The number of carbonyl (C=O) groups is 1. The van der Waals surface area contributed by atoms with Gasteiger partial charge in [-0.2, -0.15) is 0 Å². The SMILES string of the molecule is CCC(C)C(C)Nc1ccc(Cl)cc1C(=O)OC. The number of hydrogen-bond donors (Lipinski definition) is 1. The molecular weight excluding hydrogens is 250 g/mol. The molecular formula is C14H20ClNO2. The highest BCUT2D eigenvalue weighted by atomic mass is 35.5. The van der Waals surface area contributed by atoms with Gasteiger partial charge in [0.05, 0.1) is 12.7 Å². The Bertz CT molecular complexity index is 420. The zero-order valence-corrected chi connectivity index (χ0v) is 12.0. The van der Waals surface area contributed by atoms with Crippen molar-refractivity contribution in [2.75, 3.05) is 12.4 Å². The summed E-state index contributed by atoms with van der Waals surface area (Å²) < 4.78 is 4.76. The first-order valence-electron chi connectivity index (χ1n) is 6.14. The fourth-order valence-electron chi connectivity index (χ4n) is 1.66. The number of nitrogens with one attached hydrogen (secondary N) is 1. The second kappa shape index (κ2) is 6.64. The van der Waals surface area contributed by atoms with Crippen molar-refractivity contribution >= 4 is 23.3 Å². The van der Waals surface area contributed by atoms with E-state index in [1.54, 1.807) is 12.1 Å². The van der Waals surface area contributed by atoms with Crippen LogP contribution in [-0.4, -0.2) is 19.1 Å². The van der Waals surface area contributed by atoms with Crippen LogP contribution in [0.15, 0.2) is 18.2 Å². The first-order chi connectivity index (χ1) is 8.49. The van der Waals surface area contributed by atoms with Crippen LogP contribution in [0.1, 0.15) is 37.6 Å². The molecule has 0 aliphatic heterocycles. The molecule has 0 heterocycles. The van der Waals surface area contributed by atoms with Crippen molar-refractivity contribution in [2.24, 2.45) is 5.92 Å². The third-order valence-electron chi connectivity index (χ3n) is 3.27. The van der Waals surface area contributed by atoms with E-state index in [1.807, 2.05) is 6.07 Å². The van der Waals surface area contributed by atoms with Gasteiger partial charge in [0.15, 0.2) is 0 Å². The van der Waals surface area contributed by atoms with Gasteiger partial charge < -0.3 is 10.1 Å². The molecule has 0 aliphatic rings. The van der Waals surface area contributed by atoms with Gasteiger partial charge >= 0.3 is 5.97 Å². The number of halogens is 1. The van der Waals surface area contributed by atoms with E-state index in [2.05, 4.69) is 26.1 Å². The summed E-state index contributed by atoms with van der Waals surface area (Å²) in [4.78, 5) is 11.7. The Morgan fingerprint density at radius 1 is 1.44 bits per heavy atom. The van der Waals surface area contributed by atoms with E-state index < -0.39 is 0 Å². The molecule has 0 amide bonds. The fraction of sp³-hybridized carbons (Fsp3) is 0.500. The first kappa shape index (κ1) is 14.8. The van der Waals surface area contributed by atoms with Crippen LogP contribution < -0.4 is 5.32 Å². The number of methoxy groups -OCH3 is 1. The summed E-state index contributed by atoms with van der Waals surface area (Å²) in [6, 6.07) is 5.48. The summed E-state index contributed by atoms with van der Waals surface area (Å²) in [5, 5.41) is 3.87. The summed E-state index contributed by atoms with van der Waals surface area (Å²) in [5.74, 6) is 0.141. The lowest BCUT2D eigenvalue weighted by atomic mass is 10.00. The van der Waals surface area contributed by atoms with Crippen molar-refractivity contribution in [3.8, 4) is 0 Å². The van der Waals surface area contributed by atoms with E-state index in [0.29, 0.717) is 16.5 Å². The van der Waals surface area contributed by atoms with Crippen LogP contribution in [0.3, 0.4) is 0 Å². The van der Waals surface area contributed by atoms with Crippen LogP contribution in [0.5, 0.6) is 0 Å². The highest BCUT2D eigenvalue weighted by Crippen LogP contribution is 2.23. The minimum absolute atomic E-state index is 0.277. The second-order valence-electron chi connectivity index (χ2n) is 4.50. The summed E-state index contributed by atoms with van der Waals surface area (Å²) >= 11 is 5.91. The van der Waals surface area contributed by atoms with Gasteiger partial charge in [-0.25, -0.2) is 4.79 Å². The topological polar surface area (TPSA) is 38.3 Å². The number of benzene rings is 1. The first-order valence-corrected chi connectivity index (χ1v) is 6.51. The number of esters is 1. The Balaban J connectivity index is 2.98. The van der Waals surface area contributed by atoms with E-state index in [4.69, 9.17) is 16.3 Å². The highest BCUT2D eigenvalue weighted by molar-refractivity contribution is 6.31. The van der Waals surface area contributed by atoms with Gasteiger partial charge in [-0.05, 0) is 31.0 Å². The van der Waals surface area contributed by atoms with E-state index in [0.717, 1.165) is 12.1 Å². The maximum Gasteiger partial charge on any atom is 0.340 e. The van der Waals surface area contributed by atoms with Crippen molar-refractivity contribution in [1.82, 2.24) is 0 Å². The summed E-state index contributed by atoms with van der Waals surface area (Å²) in [6.45, 7) is 6.42. The Morgan fingerprint density at radius 2 is 2.11 bits per heavy atom. The number of rotatable bonds is 5. The molecule has 2 unspecified atom stereocenters. The predicted octanol–water partition coefficient (Wildman–Crippen LogP) is 3.97. The lowest BCUT2D eigenvalue weighted by Crippen LogP contribution is -2.24. The van der Waals surface area contributed by atoms with Gasteiger partial charge in [0.1, 0.15) is 0 Å². The van der Waals surface area contributed by atoms with E-state index in [1.165, 1.54) is 7.11 Å². The molecule has 1 aromatic carbocycles. The number of hydrogen-bond acceptors (Lipinski definition) is 3. The molecule has 1 aromatic rings. The molecule has 0 bridgehead atoms. The van der Waals surface area contributed by atoms with Crippen LogP contribution in [0.4, 0.5) is 5.69 Å². The van der Waals surface area contributed by atoms with Crippen LogP contribution in [0.25, 0.3) is 0 Å². The zero-order valence-electron chi connectivity index (χ0n) is 11.3. The molecule has 18 heavy (non-hydrogen) atoms. The molecule has 3 nitrogen and oxygen atoms in total. The van der Waals surface area contributed by atoms with Crippen LogP contribution in [0, 0.1) is 5.92 Å². The number of ether oxygens (including phenoxy) is 1. The van der Waals surface area contributed by atoms with Gasteiger partial charge in [0.2, 0.25) is 0 Å². The van der Waals surface area contributed by atoms with Crippen molar-refractivity contribution in [2.45, 2.75) is 33.2 Å². The molecule has 0 aromatic heterocycles. The van der Waals surface area contributed by atoms with Crippen LogP contribution in [0.2, 0.25) is 5.02 Å². The third-order valence-corrected chi connectivity index (χ3v) is 3.50. The van der Waals surface area contributed by atoms with E-state index in [-0.39, 0.29) is 12.0 Å². The predicted molar refractivity (Wildman–Crippen MR) is 75.3 cm³/mol. The summed E-state index contributed by atoms with van der Waals surface area (Å²) in [6.07, 6.45) is 1.08. The highest BCUT2D eigenvalue weighted by Gasteiger charge is 2.16. The monoisotopic (exact) mass is 269 g/mol. The summed E-state index contributed by atoms with van der Waals surface area (Å²) in [5.41, 5.74) is 1.24. The van der Waals surface area contributed by atoms with Crippen molar-refractivity contribution in [3.05, 3.63) is 28.8 Å². The Labute approximate surface area is 113 Å². The van der Waals surface area contributed by atoms with Crippen molar-refractivity contribution in [1.29, 1.82) is 0 Å². The lowest BCUT2D eigenvalue weighted by Gasteiger charge is -2.22. The smallest absolute Gasteiger partial charge is 0.340 e. The Kier molecular flexibility index (Phi) is 5.48. The fourth-order valence-corrected chi connectivity index (χ4v) is 1.83. The standard InChI is InChI=1S/C14H20ClNO2/c1-5-9(2)10(3)16-13-7-6-11(15)8-12(13)14(17)18-4/h6-10,16H,5H2,1-4H3. The van der Waals surface area contributed by atoms with Crippen LogP contribution >= 0.6 is 11.6 Å². The molecule has 1 rings (SSSR count). The molecule has 0 saturated carbocycles. The van der Waals surface area contributed by atoms with Gasteiger partial charge in [0, 0.05) is 16.8 Å². The maximum atomic E-state index is 11.7. The Morgan fingerprint density at radius 3 is 2.67 bits per heavy atom. The average Bonchev–Trinajstić information content (AvgIpc) is 2.38. The van der Waals surface area contributed by atoms with E-state index in [9.17, 15) is 4.79 Å². The van der Waals surface area contributed by atoms with Gasteiger partial charge in [0.25, 0.3) is 0 Å². The molecule has 2 atom stereocenters. The minimum atomic E-state index is -0.378. The maximum absolute atomic E-state index is 11.7. The lowest BCUT2D eigenvalue weighted by molar-refractivity contribution is 0.0602. The zero-order chi connectivity index (χ0) is 13.7. The van der Waals surface area contributed by atoms with Crippen molar-refractivity contribution < 1.29 is 9.53 Å².